The zero-order chi connectivity index (χ0) is 57.0. The molecule has 0 aliphatic heterocycles. The highest BCUT2D eigenvalue weighted by molar-refractivity contribution is 7.47. The maximum atomic E-state index is 12.8. The summed E-state index contributed by atoms with van der Waals surface area (Å²) < 4.78 is 34.6. The summed E-state index contributed by atoms with van der Waals surface area (Å²) in [4.78, 5) is 35.7. The quantitative estimate of drug-likeness (QED) is 0.0211. The van der Waals surface area contributed by atoms with Crippen molar-refractivity contribution in [1.82, 2.24) is 0 Å². The Hall–Kier alpha value is -2.03. The number of unbranched alkanes of at least 4 members (excludes halogenated alkanes) is 40. The van der Waals surface area contributed by atoms with Crippen LogP contribution in [0, 0.1) is 0 Å². The molecule has 0 saturated carbocycles. The van der Waals surface area contributed by atoms with Crippen LogP contribution < -0.4 is 0 Å². The average Bonchev–Trinajstić information content (AvgIpc) is 3.40. The van der Waals surface area contributed by atoms with Crippen LogP contribution in [0.4, 0.5) is 0 Å². The van der Waals surface area contributed by atoms with Crippen LogP contribution in [0.5, 0.6) is 0 Å². The van der Waals surface area contributed by atoms with Crippen LogP contribution in [0.25, 0.3) is 0 Å². The molecule has 1 N–H and O–H groups in total. The molecule has 0 rings (SSSR count). The number of quaternary nitrogens is 1. The SMILES string of the molecule is CC/C=C\C/C=C\C/C=C\CCCCCCCCCC(=O)OC(COC(=O)CCCCCCCCCCCCCCCCCCCCCCCCCCC/C=C\CCCCCCCCCC)COP(=O)(O)OCC[N+](C)(C)C. The summed E-state index contributed by atoms with van der Waals surface area (Å²) in [6.07, 6.45) is 76.6. The topological polar surface area (TPSA) is 108 Å². The van der Waals surface area contributed by atoms with Crippen LogP contribution in [0.15, 0.2) is 48.6 Å². The fourth-order valence-corrected chi connectivity index (χ4v) is 10.5. The van der Waals surface area contributed by atoms with Gasteiger partial charge >= 0.3 is 19.8 Å². The van der Waals surface area contributed by atoms with Crippen molar-refractivity contribution < 1.29 is 42.1 Å². The monoisotopic (exact) mass is 1120 g/mol. The summed E-state index contributed by atoms with van der Waals surface area (Å²) in [7, 11) is 1.48. The van der Waals surface area contributed by atoms with Gasteiger partial charge in [0.1, 0.15) is 19.8 Å². The van der Waals surface area contributed by atoms with E-state index in [0.29, 0.717) is 23.9 Å². The van der Waals surface area contributed by atoms with Gasteiger partial charge in [-0.1, -0.05) is 287 Å². The van der Waals surface area contributed by atoms with E-state index >= 15 is 0 Å². The van der Waals surface area contributed by atoms with Crippen molar-refractivity contribution in [1.29, 1.82) is 0 Å². The van der Waals surface area contributed by atoms with Gasteiger partial charge < -0.3 is 18.9 Å². The van der Waals surface area contributed by atoms with E-state index < -0.39 is 26.5 Å². The number of rotatable bonds is 62. The lowest BCUT2D eigenvalue weighted by Gasteiger charge is -2.24. The van der Waals surface area contributed by atoms with E-state index in [9.17, 15) is 19.0 Å². The number of esters is 2. The molecule has 0 aromatic heterocycles. The highest BCUT2D eigenvalue weighted by Crippen LogP contribution is 2.43. The van der Waals surface area contributed by atoms with E-state index in [2.05, 4.69) is 62.5 Å². The Bertz CT molecular complexity index is 1460. The van der Waals surface area contributed by atoms with Crippen molar-refractivity contribution in [3.63, 3.8) is 0 Å². The molecule has 0 amide bonds. The molecule has 0 spiro atoms. The smallest absolute Gasteiger partial charge is 0.462 e. The van der Waals surface area contributed by atoms with Crippen LogP contribution in [-0.2, 0) is 32.7 Å². The Labute approximate surface area is 484 Å². The molecule has 0 fully saturated rings. The third-order valence-electron chi connectivity index (χ3n) is 14.8. The molecular weight excluding hydrogens is 990 g/mol. The van der Waals surface area contributed by atoms with E-state index in [1.807, 2.05) is 21.1 Å². The number of allylic oxidation sites excluding steroid dienone is 8. The summed E-state index contributed by atoms with van der Waals surface area (Å²) in [5.74, 6) is -0.796. The minimum absolute atomic E-state index is 0.0300. The van der Waals surface area contributed by atoms with Gasteiger partial charge in [0.15, 0.2) is 6.10 Å². The predicted molar refractivity (Wildman–Crippen MR) is 335 cm³/mol. The van der Waals surface area contributed by atoms with Gasteiger partial charge in [0.05, 0.1) is 27.7 Å². The third-order valence-corrected chi connectivity index (χ3v) is 15.8. The summed E-state index contributed by atoms with van der Waals surface area (Å²) in [5.41, 5.74) is 0. The van der Waals surface area contributed by atoms with Crippen molar-refractivity contribution in [3.8, 4) is 0 Å². The number of nitrogens with zero attached hydrogens (tertiary/aromatic N) is 1. The first-order valence-corrected chi connectivity index (χ1v) is 34.9. The Kier molecular flexibility index (Phi) is 58.0. The van der Waals surface area contributed by atoms with Gasteiger partial charge in [0.25, 0.3) is 0 Å². The Morgan fingerprint density at radius 2 is 0.731 bits per heavy atom. The first-order valence-electron chi connectivity index (χ1n) is 33.4. The molecule has 0 aliphatic rings. The molecule has 10 heteroatoms. The first kappa shape index (κ1) is 76.0. The summed E-state index contributed by atoms with van der Waals surface area (Å²) >= 11 is 0. The number of phosphoric acid groups is 1. The van der Waals surface area contributed by atoms with Gasteiger partial charge in [0, 0.05) is 12.8 Å². The van der Waals surface area contributed by atoms with Gasteiger partial charge in [0.2, 0.25) is 0 Å². The third kappa shape index (κ3) is 63.2. The Morgan fingerprint density at radius 3 is 1.10 bits per heavy atom. The Morgan fingerprint density at radius 1 is 0.410 bits per heavy atom. The summed E-state index contributed by atoms with van der Waals surface area (Å²) in [5, 5.41) is 0. The van der Waals surface area contributed by atoms with Crippen molar-refractivity contribution >= 4 is 19.8 Å². The average molecular weight is 1120 g/mol. The molecule has 458 valence electrons. The lowest BCUT2D eigenvalue weighted by Crippen LogP contribution is -2.37. The number of hydrogen-bond acceptors (Lipinski definition) is 7. The van der Waals surface area contributed by atoms with E-state index in [1.165, 1.54) is 225 Å². The lowest BCUT2D eigenvalue weighted by atomic mass is 10.0. The fraction of sp³-hybridized carbons (Fsp3) is 0.853. The van der Waals surface area contributed by atoms with Crippen LogP contribution in [0.2, 0.25) is 0 Å². The zero-order valence-electron chi connectivity index (χ0n) is 52.2. The minimum atomic E-state index is -4.39. The van der Waals surface area contributed by atoms with Gasteiger partial charge in [-0.2, -0.15) is 0 Å². The normalized spacial score (nSPS) is 13.5. The highest BCUT2D eigenvalue weighted by Gasteiger charge is 2.27. The van der Waals surface area contributed by atoms with E-state index in [-0.39, 0.29) is 25.6 Å². The molecule has 9 nitrogen and oxygen atoms in total. The second kappa shape index (κ2) is 59.6. The molecule has 2 unspecified atom stereocenters. The Balaban J connectivity index is 3.91. The van der Waals surface area contributed by atoms with Gasteiger partial charge in [-0.05, 0) is 70.6 Å². The van der Waals surface area contributed by atoms with Crippen molar-refractivity contribution in [3.05, 3.63) is 48.6 Å². The standard InChI is InChI=1S/C68H128NO8P/c1-6-8-10-12-14-16-18-20-22-24-25-26-27-28-29-30-31-32-33-34-35-36-37-38-39-40-41-42-43-45-46-48-50-52-54-56-58-60-67(70)74-64-66(65-76-78(72,73)75-63-62-69(3,4)5)77-68(71)61-59-57-55-53-51-49-47-44-23-21-19-17-15-13-11-9-7-2/h9,11,15,17,21,23-25,66H,6-8,10,12-14,16,18-20,22,26-65H2,1-5H3/p+1/b11-9-,17-15-,23-21-,25-24-. The summed E-state index contributed by atoms with van der Waals surface area (Å²) in [6.45, 7) is 4.35. The van der Waals surface area contributed by atoms with E-state index in [1.54, 1.807) is 0 Å². The van der Waals surface area contributed by atoms with Gasteiger partial charge in [-0.15, -0.1) is 0 Å². The van der Waals surface area contributed by atoms with Gasteiger partial charge in [-0.3, -0.25) is 18.6 Å². The fourth-order valence-electron chi connectivity index (χ4n) is 9.73. The van der Waals surface area contributed by atoms with Crippen LogP contribution in [-0.4, -0.2) is 74.9 Å². The van der Waals surface area contributed by atoms with Crippen LogP contribution >= 0.6 is 7.82 Å². The van der Waals surface area contributed by atoms with E-state index in [0.717, 1.165) is 64.2 Å². The van der Waals surface area contributed by atoms with Crippen molar-refractivity contribution in [2.24, 2.45) is 0 Å². The molecular formula is C68H129NO8P+. The number of carbonyl (C=O) groups is 2. The van der Waals surface area contributed by atoms with E-state index in [4.69, 9.17) is 18.5 Å². The molecule has 0 bridgehead atoms. The highest BCUT2D eigenvalue weighted by atomic mass is 31.2. The number of likely N-dealkylation sites (N-methyl/N-ethyl adjacent to an activating group) is 1. The summed E-state index contributed by atoms with van der Waals surface area (Å²) in [6, 6.07) is 0. The molecule has 0 radical (unpaired) electrons. The van der Waals surface area contributed by atoms with Crippen molar-refractivity contribution in [2.45, 2.75) is 328 Å². The molecule has 2 atom stereocenters. The zero-order valence-corrected chi connectivity index (χ0v) is 53.1. The largest absolute Gasteiger partial charge is 0.472 e. The van der Waals surface area contributed by atoms with Crippen LogP contribution in [0.3, 0.4) is 0 Å². The second-order valence-electron chi connectivity index (χ2n) is 23.8. The second-order valence-corrected chi connectivity index (χ2v) is 25.3. The first-order chi connectivity index (χ1) is 38.0. The maximum absolute atomic E-state index is 12.8. The number of hydrogen-bond donors (Lipinski definition) is 1. The molecule has 0 saturated heterocycles. The molecule has 78 heavy (non-hydrogen) atoms. The number of carbonyl (C=O) groups excluding carboxylic acids is 2. The number of phosphoric ester groups is 1. The van der Waals surface area contributed by atoms with Crippen molar-refractivity contribution in [2.75, 3.05) is 47.5 Å². The molecule has 0 aromatic rings. The molecule has 0 aromatic carbocycles. The lowest BCUT2D eigenvalue weighted by molar-refractivity contribution is -0.870. The predicted octanol–water partition coefficient (Wildman–Crippen LogP) is 21.3. The minimum Gasteiger partial charge on any atom is -0.462 e. The molecule has 0 heterocycles. The number of ether oxygens (including phenoxy) is 2. The molecule has 0 aliphatic carbocycles. The van der Waals surface area contributed by atoms with Crippen LogP contribution in [0.1, 0.15) is 322 Å². The maximum Gasteiger partial charge on any atom is 0.472 e. The van der Waals surface area contributed by atoms with Gasteiger partial charge in [-0.25, -0.2) is 4.57 Å².